The molecule has 0 bridgehead atoms. The van der Waals surface area contributed by atoms with Crippen molar-refractivity contribution >= 4 is 21.6 Å². The molecule has 162 valence electrons. The van der Waals surface area contributed by atoms with Gasteiger partial charge in [-0.15, -0.1) is 0 Å². The molecule has 0 radical (unpaired) electrons. The van der Waals surface area contributed by atoms with Crippen molar-refractivity contribution < 1.29 is 13.2 Å². The van der Waals surface area contributed by atoms with Crippen LogP contribution in [0.2, 0.25) is 0 Å². The van der Waals surface area contributed by atoms with E-state index in [2.05, 4.69) is 23.5 Å². The fraction of sp³-hybridized carbons (Fsp3) is 0.458. The maximum absolute atomic E-state index is 12.9. The fourth-order valence-corrected chi connectivity index (χ4v) is 5.29. The molecule has 1 unspecified atom stereocenters. The van der Waals surface area contributed by atoms with Gasteiger partial charge in [0.25, 0.3) is 0 Å². The van der Waals surface area contributed by atoms with Crippen LogP contribution in [0, 0.1) is 13.8 Å². The summed E-state index contributed by atoms with van der Waals surface area (Å²) in [6.45, 7) is 5.52. The van der Waals surface area contributed by atoms with Gasteiger partial charge in [0.2, 0.25) is 15.9 Å². The van der Waals surface area contributed by atoms with Gasteiger partial charge in [0.1, 0.15) is 6.54 Å². The predicted molar refractivity (Wildman–Crippen MR) is 122 cm³/mol. The Morgan fingerprint density at radius 3 is 2.30 bits per heavy atom. The molecule has 1 aliphatic carbocycles. The zero-order valence-electron chi connectivity index (χ0n) is 18.4. The highest BCUT2D eigenvalue weighted by molar-refractivity contribution is 7.92. The van der Waals surface area contributed by atoms with Crippen molar-refractivity contribution in [1.82, 2.24) is 5.32 Å². The number of nitrogens with zero attached hydrogens (tertiary/aromatic N) is 1. The highest BCUT2D eigenvalue weighted by Crippen LogP contribution is 2.28. The molecule has 30 heavy (non-hydrogen) atoms. The van der Waals surface area contributed by atoms with Gasteiger partial charge < -0.3 is 5.32 Å². The van der Waals surface area contributed by atoms with Gasteiger partial charge in [-0.1, -0.05) is 43.3 Å². The molecule has 0 aromatic heterocycles. The van der Waals surface area contributed by atoms with Crippen molar-refractivity contribution in [1.29, 1.82) is 0 Å². The van der Waals surface area contributed by atoms with E-state index < -0.39 is 10.0 Å². The summed E-state index contributed by atoms with van der Waals surface area (Å²) < 4.78 is 26.2. The summed E-state index contributed by atoms with van der Waals surface area (Å²) in [6, 6.07) is 12.0. The molecule has 2 aromatic carbocycles. The van der Waals surface area contributed by atoms with E-state index in [0.717, 1.165) is 42.2 Å². The standard InChI is InChI=1S/C24H32N2O3S/c1-5-22(21-14-13-19-11-6-7-12-20(19)15-21)25-23(27)16-26(30(4,28)29)24-17(2)9-8-10-18(24)3/h8-10,13-15,22H,5-7,11-12,16H2,1-4H3,(H,25,27). The van der Waals surface area contributed by atoms with Crippen molar-refractivity contribution in [3.05, 3.63) is 64.2 Å². The Labute approximate surface area is 180 Å². The van der Waals surface area contributed by atoms with Gasteiger partial charge in [0.05, 0.1) is 18.0 Å². The van der Waals surface area contributed by atoms with Crippen LogP contribution in [-0.4, -0.2) is 27.1 Å². The average Bonchev–Trinajstić information content (AvgIpc) is 2.70. The van der Waals surface area contributed by atoms with Crippen LogP contribution in [0.3, 0.4) is 0 Å². The second-order valence-electron chi connectivity index (χ2n) is 8.27. The lowest BCUT2D eigenvalue weighted by atomic mass is 9.89. The minimum absolute atomic E-state index is 0.135. The van der Waals surface area contributed by atoms with Crippen LogP contribution in [0.4, 0.5) is 5.69 Å². The minimum Gasteiger partial charge on any atom is -0.348 e. The third-order valence-corrected chi connectivity index (χ3v) is 7.01. The second kappa shape index (κ2) is 9.21. The molecule has 1 atom stereocenters. The number of para-hydroxylation sites is 1. The molecule has 0 aliphatic heterocycles. The van der Waals surface area contributed by atoms with E-state index >= 15 is 0 Å². The summed E-state index contributed by atoms with van der Waals surface area (Å²) in [6.07, 6.45) is 6.54. The van der Waals surface area contributed by atoms with Crippen LogP contribution in [0.25, 0.3) is 0 Å². The average molecular weight is 429 g/mol. The topological polar surface area (TPSA) is 66.5 Å². The first-order valence-corrected chi connectivity index (χ1v) is 12.5. The first kappa shape index (κ1) is 22.3. The summed E-state index contributed by atoms with van der Waals surface area (Å²) in [5, 5.41) is 3.06. The number of anilines is 1. The molecule has 3 rings (SSSR count). The van der Waals surface area contributed by atoms with Crippen molar-refractivity contribution in [2.75, 3.05) is 17.1 Å². The highest BCUT2D eigenvalue weighted by Gasteiger charge is 2.25. The molecule has 0 fully saturated rings. The van der Waals surface area contributed by atoms with Crippen LogP contribution >= 0.6 is 0 Å². The molecule has 5 nitrogen and oxygen atoms in total. The summed E-state index contributed by atoms with van der Waals surface area (Å²) in [5.74, 6) is -0.298. The number of carbonyl (C=O) groups excluding carboxylic acids is 1. The van der Waals surface area contributed by atoms with Crippen LogP contribution < -0.4 is 9.62 Å². The summed E-state index contributed by atoms with van der Waals surface area (Å²) in [7, 11) is -3.60. The SMILES string of the molecule is CCC(NC(=O)CN(c1c(C)cccc1C)S(C)(=O)=O)c1ccc2c(c1)CCCC2. The molecule has 0 spiro atoms. The quantitative estimate of drug-likeness (QED) is 0.718. The van der Waals surface area contributed by atoms with Gasteiger partial charge in [0.15, 0.2) is 0 Å². The number of rotatable bonds is 7. The maximum Gasteiger partial charge on any atom is 0.241 e. The Morgan fingerprint density at radius 2 is 1.70 bits per heavy atom. The van der Waals surface area contributed by atoms with Gasteiger partial charge in [0, 0.05) is 0 Å². The third-order valence-electron chi connectivity index (χ3n) is 5.89. The van der Waals surface area contributed by atoms with Crippen LogP contribution in [-0.2, 0) is 27.7 Å². The number of carbonyl (C=O) groups is 1. The Morgan fingerprint density at radius 1 is 1.07 bits per heavy atom. The van der Waals surface area contributed by atoms with Gasteiger partial charge in [-0.05, 0) is 73.8 Å². The van der Waals surface area contributed by atoms with E-state index in [9.17, 15) is 13.2 Å². The van der Waals surface area contributed by atoms with Gasteiger partial charge in [-0.3, -0.25) is 9.10 Å². The zero-order valence-corrected chi connectivity index (χ0v) is 19.2. The van der Waals surface area contributed by atoms with Crippen molar-refractivity contribution in [3.63, 3.8) is 0 Å². The first-order chi connectivity index (χ1) is 14.2. The zero-order chi connectivity index (χ0) is 21.9. The Bertz CT molecular complexity index is 1010. The van der Waals surface area contributed by atoms with E-state index in [0.29, 0.717) is 5.69 Å². The Kier molecular flexibility index (Phi) is 6.86. The van der Waals surface area contributed by atoms with E-state index in [4.69, 9.17) is 0 Å². The van der Waals surface area contributed by atoms with E-state index in [-0.39, 0.29) is 18.5 Å². The second-order valence-corrected chi connectivity index (χ2v) is 10.2. The van der Waals surface area contributed by atoms with Gasteiger partial charge in [-0.2, -0.15) is 0 Å². The van der Waals surface area contributed by atoms with Gasteiger partial charge >= 0.3 is 0 Å². The van der Waals surface area contributed by atoms with Crippen molar-refractivity contribution in [2.45, 2.75) is 58.9 Å². The molecule has 0 heterocycles. The Balaban J connectivity index is 1.81. The van der Waals surface area contributed by atoms with Crippen LogP contribution in [0.5, 0.6) is 0 Å². The first-order valence-electron chi connectivity index (χ1n) is 10.7. The highest BCUT2D eigenvalue weighted by atomic mass is 32.2. The number of amides is 1. The number of nitrogens with one attached hydrogen (secondary N) is 1. The van der Waals surface area contributed by atoms with Crippen molar-refractivity contribution in [2.24, 2.45) is 0 Å². The fourth-order valence-electron chi connectivity index (χ4n) is 4.32. The normalized spacial score (nSPS) is 14.7. The minimum atomic E-state index is -3.60. The van der Waals surface area contributed by atoms with E-state index in [1.165, 1.54) is 28.3 Å². The predicted octanol–water partition coefficient (Wildman–Crippen LogP) is 4.22. The molecule has 1 aliphatic rings. The van der Waals surface area contributed by atoms with E-state index in [1.54, 1.807) is 0 Å². The lowest BCUT2D eigenvalue weighted by Crippen LogP contribution is -2.42. The molecular weight excluding hydrogens is 396 g/mol. The van der Waals surface area contributed by atoms with Crippen LogP contribution in [0.15, 0.2) is 36.4 Å². The molecule has 1 amide bonds. The Hall–Kier alpha value is -2.34. The number of hydrogen-bond acceptors (Lipinski definition) is 3. The molecule has 0 saturated heterocycles. The number of benzene rings is 2. The van der Waals surface area contributed by atoms with Gasteiger partial charge in [-0.25, -0.2) is 8.42 Å². The number of aryl methyl sites for hydroxylation is 4. The smallest absolute Gasteiger partial charge is 0.241 e. The summed E-state index contributed by atoms with van der Waals surface area (Å²) in [5.41, 5.74) is 6.11. The monoisotopic (exact) mass is 428 g/mol. The molecule has 6 heteroatoms. The van der Waals surface area contributed by atoms with Crippen molar-refractivity contribution in [3.8, 4) is 0 Å². The summed E-state index contributed by atoms with van der Waals surface area (Å²) >= 11 is 0. The molecule has 0 saturated carbocycles. The van der Waals surface area contributed by atoms with E-state index in [1.807, 2.05) is 39.0 Å². The molecule has 2 aromatic rings. The number of sulfonamides is 1. The number of hydrogen-bond donors (Lipinski definition) is 1. The molecular formula is C24H32N2O3S. The number of fused-ring (bicyclic) bond motifs is 1. The summed E-state index contributed by atoms with van der Waals surface area (Å²) in [4.78, 5) is 12.9. The lowest BCUT2D eigenvalue weighted by Gasteiger charge is -2.27. The lowest BCUT2D eigenvalue weighted by molar-refractivity contribution is -0.120. The maximum atomic E-state index is 12.9. The third kappa shape index (κ3) is 5.04. The largest absolute Gasteiger partial charge is 0.348 e. The molecule has 1 N–H and O–H groups in total. The van der Waals surface area contributed by atoms with Crippen LogP contribution in [0.1, 0.15) is 60.0 Å².